The molecule has 1 N–H and O–H groups in total. The highest BCUT2D eigenvalue weighted by molar-refractivity contribution is 6.31. The second-order valence-corrected chi connectivity index (χ2v) is 6.02. The Kier molecular flexibility index (Phi) is 4.92. The smallest absolute Gasteiger partial charge is 0.272 e. The fourth-order valence-electron chi connectivity index (χ4n) is 2.41. The lowest BCUT2D eigenvalue weighted by Crippen LogP contribution is -2.47. The molecule has 1 aliphatic rings. The summed E-state index contributed by atoms with van der Waals surface area (Å²) in [7, 11) is 2.03. The van der Waals surface area contributed by atoms with Gasteiger partial charge in [-0.15, -0.1) is 0 Å². The van der Waals surface area contributed by atoms with E-state index in [0.717, 1.165) is 13.1 Å². The number of aromatic nitrogens is 2. The Hall–Kier alpha value is -2.25. The van der Waals surface area contributed by atoms with Gasteiger partial charge in [0.15, 0.2) is 0 Å². The largest absolute Gasteiger partial charge is 0.335 e. The van der Waals surface area contributed by atoms with Crippen LogP contribution in [-0.2, 0) is 0 Å². The second-order valence-electron chi connectivity index (χ2n) is 5.61. The second kappa shape index (κ2) is 7.11. The van der Waals surface area contributed by atoms with Crippen molar-refractivity contribution in [1.82, 2.24) is 19.8 Å². The molecule has 1 fully saturated rings. The molecule has 0 atom stereocenters. The molecule has 3 rings (SSSR count). The van der Waals surface area contributed by atoms with Crippen LogP contribution in [0.5, 0.6) is 0 Å². The first-order valence-corrected chi connectivity index (χ1v) is 7.93. The zero-order valence-electron chi connectivity index (χ0n) is 13.2. The third kappa shape index (κ3) is 3.80. The summed E-state index contributed by atoms with van der Waals surface area (Å²) in [5.41, 5.74) is 0.871. The van der Waals surface area contributed by atoms with Crippen LogP contribution in [0.2, 0.25) is 5.02 Å². The first kappa shape index (κ1) is 16.6. The van der Waals surface area contributed by atoms with Crippen LogP contribution in [0.1, 0.15) is 10.5 Å². The van der Waals surface area contributed by atoms with Crippen molar-refractivity contribution in [2.45, 2.75) is 0 Å². The molecule has 0 bridgehead atoms. The van der Waals surface area contributed by atoms with E-state index in [-0.39, 0.29) is 16.9 Å². The van der Waals surface area contributed by atoms with E-state index in [9.17, 15) is 9.18 Å². The number of anilines is 2. The number of rotatable bonds is 3. The average Bonchev–Trinajstić information content (AvgIpc) is 2.58. The Morgan fingerprint density at radius 2 is 2.00 bits per heavy atom. The zero-order chi connectivity index (χ0) is 17.1. The van der Waals surface area contributed by atoms with Crippen LogP contribution in [-0.4, -0.2) is 58.9 Å². The molecule has 1 aromatic carbocycles. The molecule has 2 heterocycles. The van der Waals surface area contributed by atoms with Gasteiger partial charge in [-0.05, 0) is 31.3 Å². The molecule has 6 nitrogen and oxygen atoms in total. The predicted molar refractivity (Wildman–Crippen MR) is 90.1 cm³/mol. The SMILES string of the molecule is CN1CCN(C(=O)c2ccnc(Nc3ccc(F)c(Cl)c3)n2)CC1. The summed E-state index contributed by atoms with van der Waals surface area (Å²) in [6.07, 6.45) is 1.52. The van der Waals surface area contributed by atoms with Crippen molar-refractivity contribution in [1.29, 1.82) is 0 Å². The lowest BCUT2D eigenvalue weighted by atomic mass is 10.3. The monoisotopic (exact) mass is 349 g/mol. The number of carbonyl (C=O) groups excluding carboxylic acids is 1. The van der Waals surface area contributed by atoms with Crippen molar-refractivity contribution in [3.63, 3.8) is 0 Å². The van der Waals surface area contributed by atoms with Crippen LogP contribution in [0.3, 0.4) is 0 Å². The number of carbonyl (C=O) groups is 1. The van der Waals surface area contributed by atoms with Gasteiger partial charge in [-0.3, -0.25) is 4.79 Å². The molecule has 1 saturated heterocycles. The molecule has 126 valence electrons. The summed E-state index contributed by atoms with van der Waals surface area (Å²) < 4.78 is 13.2. The molecule has 0 saturated carbocycles. The fraction of sp³-hybridized carbons (Fsp3) is 0.312. The third-order valence-electron chi connectivity index (χ3n) is 3.84. The Labute approximate surface area is 144 Å². The average molecular weight is 350 g/mol. The molecule has 1 aliphatic heterocycles. The summed E-state index contributed by atoms with van der Waals surface area (Å²) in [5.74, 6) is -0.356. The number of amides is 1. The number of likely N-dealkylation sites (N-methyl/N-ethyl adjacent to an activating group) is 1. The number of hydrogen-bond donors (Lipinski definition) is 1. The molecule has 0 spiro atoms. The normalized spacial score (nSPS) is 15.4. The van der Waals surface area contributed by atoms with E-state index in [4.69, 9.17) is 11.6 Å². The van der Waals surface area contributed by atoms with E-state index in [0.29, 0.717) is 24.5 Å². The first-order valence-electron chi connectivity index (χ1n) is 7.56. The Morgan fingerprint density at radius 1 is 1.25 bits per heavy atom. The van der Waals surface area contributed by atoms with Gasteiger partial charge in [0.1, 0.15) is 11.5 Å². The van der Waals surface area contributed by atoms with E-state index in [2.05, 4.69) is 20.2 Å². The van der Waals surface area contributed by atoms with Crippen LogP contribution in [0.4, 0.5) is 16.0 Å². The number of benzene rings is 1. The quantitative estimate of drug-likeness (QED) is 0.922. The minimum atomic E-state index is -0.498. The van der Waals surface area contributed by atoms with Gasteiger partial charge in [-0.2, -0.15) is 0 Å². The van der Waals surface area contributed by atoms with Crippen molar-refractivity contribution in [3.05, 3.63) is 47.0 Å². The van der Waals surface area contributed by atoms with Gasteiger partial charge in [-0.25, -0.2) is 14.4 Å². The first-order chi connectivity index (χ1) is 11.5. The fourth-order valence-corrected chi connectivity index (χ4v) is 2.59. The zero-order valence-corrected chi connectivity index (χ0v) is 13.9. The van der Waals surface area contributed by atoms with Crippen molar-refractivity contribution >= 4 is 29.1 Å². The number of halogens is 2. The van der Waals surface area contributed by atoms with Crippen LogP contribution in [0, 0.1) is 5.82 Å². The van der Waals surface area contributed by atoms with Crippen LogP contribution < -0.4 is 5.32 Å². The molecule has 24 heavy (non-hydrogen) atoms. The van der Waals surface area contributed by atoms with Gasteiger partial charge in [0.25, 0.3) is 5.91 Å². The highest BCUT2D eigenvalue weighted by atomic mass is 35.5. The molecule has 0 aliphatic carbocycles. The van der Waals surface area contributed by atoms with Crippen molar-refractivity contribution in [2.75, 3.05) is 38.5 Å². The molecule has 0 unspecified atom stereocenters. The van der Waals surface area contributed by atoms with Gasteiger partial charge in [-0.1, -0.05) is 11.6 Å². The lowest BCUT2D eigenvalue weighted by Gasteiger charge is -2.32. The highest BCUT2D eigenvalue weighted by Gasteiger charge is 2.21. The Morgan fingerprint density at radius 3 is 2.71 bits per heavy atom. The molecule has 0 radical (unpaired) electrons. The number of hydrogen-bond acceptors (Lipinski definition) is 5. The van der Waals surface area contributed by atoms with Gasteiger partial charge in [0, 0.05) is 38.1 Å². The predicted octanol–water partition coefficient (Wildman–Crippen LogP) is 2.40. The van der Waals surface area contributed by atoms with Crippen molar-refractivity contribution < 1.29 is 9.18 Å². The van der Waals surface area contributed by atoms with Crippen LogP contribution in [0.15, 0.2) is 30.5 Å². The van der Waals surface area contributed by atoms with Crippen molar-refractivity contribution in [2.24, 2.45) is 0 Å². The molecule has 1 amide bonds. The van der Waals surface area contributed by atoms with E-state index in [1.807, 2.05) is 7.05 Å². The Bertz CT molecular complexity index is 749. The maximum atomic E-state index is 13.2. The van der Waals surface area contributed by atoms with Gasteiger partial charge in [0.2, 0.25) is 5.95 Å². The molecule has 1 aromatic heterocycles. The lowest BCUT2D eigenvalue weighted by molar-refractivity contribution is 0.0658. The minimum absolute atomic E-state index is 0.00432. The van der Waals surface area contributed by atoms with E-state index < -0.39 is 5.82 Å². The van der Waals surface area contributed by atoms with E-state index in [1.165, 1.54) is 24.4 Å². The highest BCUT2D eigenvalue weighted by Crippen LogP contribution is 2.21. The summed E-state index contributed by atoms with van der Waals surface area (Å²) >= 11 is 5.75. The van der Waals surface area contributed by atoms with Gasteiger partial charge < -0.3 is 15.1 Å². The third-order valence-corrected chi connectivity index (χ3v) is 4.13. The topological polar surface area (TPSA) is 61.4 Å². The van der Waals surface area contributed by atoms with Gasteiger partial charge in [0.05, 0.1) is 5.02 Å². The maximum absolute atomic E-state index is 13.2. The standard InChI is InChI=1S/C16H17ClFN5O/c1-22-6-8-23(9-7-22)15(24)14-4-5-19-16(21-14)20-11-2-3-13(18)12(17)10-11/h2-5,10H,6-9H2,1H3,(H,19,20,21). The molecule has 2 aromatic rings. The van der Waals surface area contributed by atoms with Gasteiger partial charge >= 0.3 is 0 Å². The van der Waals surface area contributed by atoms with Crippen molar-refractivity contribution in [3.8, 4) is 0 Å². The molecular formula is C16H17ClFN5O. The number of nitrogens with one attached hydrogen (secondary N) is 1. The summed E-state index contributed by atoms with van der Waals surface area (Å²) in [6, 6.07) is 5.81. The number of nitrogens with zero attached hydrogens (tertiary/aromatic N) is 4. The summed E-state index contributed by atoms with van der Waals surface area (Å²) in [5, 5.41) is 2.93. The van der Waals surface area contributed by atoms with Crippen LogP contribution >= 0.6 is 11.6 Å². The van der Waals surface area contributed by atoms with E-state index >= 15 is 0 Å². The number of piperazine rings is 1. The molecular weight excluding hydrogens is 333 g/mol. The Balaban J connectivity index is 1.73. The summed E-state index contributed by atoms with van der Waals surface area (Å²) in [4.78, 5) is 24.8. The van der Waals surface area contributed by atoms with Crippen LogP contribution in [0.25, 0.3) is 0 Å². The van der Waals surface area contributed by atoms with E-state index in [1.54, 1.807) is 11.0 Å². The molecule has 8 heteroatoms. The maximum Gasteiger partial charge on any atom is 0.272 e. The minimum Gasteiger partial charge on any atom is -0.335 e. The summed E-state index contributed by atoms with van der Waals surface area (Å²) in [6.45, 7) is 3.04.